The number of pyridine rings is 1. The highest BCUT2D eigenvalue weighted by Crippen LogP contribution is 2.31. The van der Waals surface area contributed by atoms with E-state index in [9.17, 15) is 8.42 Å². The van der Waals surface area contributed by atoms with Crippen molar-refractivity contribution in [2.75, 3.05) is 18.8 Å². The third-order valence-electron chi connectivity index (χ3n) is 3.81. The molecule has 1 fully saturated rings. The van der Waals surface area contributed by atoms with Gasteiger partial charge in [0, 0.05) is 25.4 Å². The van der Waals surface area contributed by atoms with Gasteiger partial charge in [0.25, 0.3) is 0 Å². The Morgan fingerprint density at radius 2 is 1.95 bits per heavy atom. The van der Waals surface area contributed by atoms with Gasteiger partial charge in [0.1, 0.15) is 5.82 Å². The van der Waals surface area contributed by atoms with Gasteiger partial charge in [-0.2, -0.15) is 4.31 Å². The van der Waals surface area contributed by atoms with E-state index in [2.05, 4.69) is 4.98 Å². The minimum absolute atomic E-state index is 0.212. The van der Waals surface area contributed by atoms with Crippen molar-refractivity contribution >= 4 is 15.8 Å². The fourth-order valence-corrected chi connectivity index (χ4v) is 4.20. The van der Waals surface area contributed by atoms with E-state index in [1.165, 1.54) is 28.2 Å². The predicted molar refractivity (Wildman–Crippen MR) is 81.2 cm³/mol. The van der Waals surface area contributed by atoms with Crippen LogP contribution in [0.1, 0.15) is 17.9 Å². The molecule has 1 aliphatic heterocycles. The topological polar surface area (TPSA) is 76.3 Å². The number of benzene rings is 1. The summed E-state index contributed by atoms with van der Waals surface area (Å²) in [4.78, 5) is 4.05. The van der Waals surface area contributed by atoms with E-state index in [0.29, 0.717) is 13.1 Å². The van der Waals surface area contributed by atoms with Crippen molar-refractivity contribution in [3.8, 4) is 0 Å². The highest BCUT2D eigenvalue weighted by molar-refractivity contribution is 7.89. The van der Waals surface area contributed by atoms with Crippen LogP contribution < -0.4 is 5.73 Å². The zero-order valence-corrected chi connectivity index (χ0v) is 12.3. The summed E-state index contributed by atoms with van der Waals surface area (Å²) in [5.41, 5.74) is 6.76. The number of anilines is 1. The molecule has 1 saturated heterocycles. The molecule has 0 spiro atoms. The molecule has 5 nitrogen and oxygen atoms in total. The van der Waals surface area contributed by atoms with E-state index in [0.717, 1.165) is 6.42 Å². The van der Waals surface area contributed by atoms with E-state index in [4.69, 9.17) is 5.73 Å². The fraction of sp³-hybridized carbons (Fsp3) is 0.267. The van der Waals surface area contributed by atoms with Crippen molar-refractivity contribution in [1.82, 2.24) is 9.29 Å². The molecule has 0 radical (unpaired) electrons. The van der Waals surface area contributed by atoms with Crippen LogP contribution in [0.3, 0.4) is 0 Å². The minimum atomic E-state index is -3.49. The van der Waals surface area contributed by atoms with Crippen molar-refractivity contribution in [1.29, 1.82) is 0 Å². The lowest BCUT2D eigenvalue weighted by atomic mass is 9.99. The van der Waals surface area contributed by atoms with Crippen LogP contribution in [0, 0.1) is 0 Å². The molecule has 21 heavy (non-hydrogen) atoms. The first kappa shape index (κ1) is 14.0. The van der Waals surface area contributed by atoms with Crippen molar-refractivity contribution in [3.63, 3.8) is 0 Å². The Bertz CT molecular complexity index is 732. The maximum absolute atomic E-state index is 12.6. The standard InChI is InChI=1S/C15H17N3O2S/c16-15-10-14(6-8-17-15)21(19,20)18-9-7-13(11-18)12-4-2-1-3-5-12/h1-6,8,10,13H,7,9,11H2,(H2,16,17). The molecular formula is C15H17N3O2S. The van der Waals surface area contributed by atoms with Gasteiger partial charge in [-0.25, -0.2) is 13.4 Å². The Balaban J connectivity index is 1.83. The van der Waals surface area contributed by atoms with Gasteiger partial charge < -0.3 is 5.73 Å². The lowest BCUT2D eigenvalue weighted by Crippen LogP contribution is -2.28. The first-order valence-corrected chi connectivity index (χ1v) is 8.28. The van der Waals surface area contributed by atoms with E-state index in [1.807, 2.05) is 30.3 Å². The van der Waals surface area contributed by atoms with Crippen LogP contribution in [-0.2, 0) is 10.0 Å². The summed E-state index contributed by atoms with van der Waals surface area (Å²) in [6.45, 7) is 1.04. The molecule has 2 heterocycles. The number of nitrogens with zero attached hydrogens (tertiary/aromatic N) is 2. The molecule has 6 heteroatoms. The van der Waals surface area contributed by atoms with Crippen LogP contribution in [0.4, 0.5) is 5.82 Å². The SMILES string of the molecule is Nc1cc(S(=O)(=O)N2CCC(c3ccccc3)C2)ccn1. The second-order valence-corrected chi connectivity index (χ2v) is 7.11. The molecule has 2 aromatic rings. The summed E-state index contributed by atoms with van der Waals surface area (Å²) < 4.78 is 26.7. The fourth-order valence-electron chi connectivity index (χ4n) is 2.68. The Hall–Kier alpha value is -1.92. The summed E-state index contributed by atoms with van der Waals surface area (Å²) in [6, 6.07) is 12.9. The monoisotopic (exact) mass is 303 g/mol. The maximum Gasteiger partial charge on any atom is 0.243 e. The van der Waals surface area contributed by atoms with Crippen LogP contribution in [0.2, 0.25) is 0 Å². The lowest BCUT2D eigenvalue weighted by molar-refractivity contribution is 0.473. The summed E-state index contributed by atoms with van der Waals surface area (Å²) in [7, 11) is -3.49. The molecule has 0 bridgehead atoms. The number of hydrogen-bond acceptors (Lipinski definition) is 4. The first-order valence-electron chi connectivity index (χ1n) is 6.84. The smallest absolute Gasteiger partial charge is 0.243 e. The zero-order valence-electron chi connectivity index (χ0n) is 11.5. The first-order chi connectivity index (χ1) is 10.1. The zero-order chi connectivity index (χ0) is 14.9. The molecule has 1 atom stereocenters. The molecule has 110 valence electrons. The highest BCUT2D eigenvalue weighted by Gasteiger charge is 2.33. The third kappa shape index (κ3) is 2.77. The number of nitrogen functional groups attached to an aromatic ring is 1. The molecule has 3 rings (SSSR count). The third-order valence-corrected chi connectivity index (χ3v) is 5.67. The molecule has 1 aromatic carbocycles. The summed E-state index contributed by atoms with van der Waals surface area (Å²) >= 11 is 0. The van der Waals surface area contributed by atoms with E-state index in [1.54, 1.807) is 0 Å². The highest BCUT2D eigenvalue weighted by atomic mass is 32.2. The van der Waals surface area contributed by atoms with Gasteiger partial charge in [0.05, 0.1) is 4.90 Å². The number of sulfonamides is 1. The van der Waals surface area contributed by atoms with Gasteiger partial charge in [0.15, 0.2) is 0 Å². The minimum Gasteiger partial charge on any atom is -0.384 e. The predicted octanol–water partition coefficient (Wildman–Crippen LogP) is 1.84. The van der Waals surface area contributed by atoms with Gasteiger partial charge >= 0.3 is 0 Å². The molecule has 1 aromatic heterocycles. The average molecular weight is 303 g/mol. The van der Waals surface area contributed by atoms with E-state index < -0.39 is 10.0 Å². The normalized spacial score (nSPS) is 19.7. The van der Waals surface area contributed by atoms with Crippen molar-refractivity contribution in [3.05, 3.63) is 54.2 Å². The number of nitrogens with two attached hydrogens (primary N) is 1. The molecule has 0 amide bonds. The van der Waals surface area contributed by atoms with Gasteiger partial charge in [-0.15, -0.1) is 0 Å². The van der Waals surface area contributed by atoms with Gasteiger partial charge in [0.2, 0.25) is 10.0 Å². The second-order valence-electron chi connectivity index (χ2n) is 5.18. The van der Waals surface area contributed by atoms with Crippen LogP contribution in [0.5, 0.6) is 0 Å². The lowest BCUT2D eigenvalue weighted by Gasteiger charge is -2.17. The maximum atomic E-state index is 12.6. The molecule has 1 aliphatic rings. The Labute approximate surface area is 124 Å². The number of rotatable bonds is 3. The molecule has 2 N–H and O–H groups in total. The van der Waals surface area contributed by atoms with Gasteiger partial charge in [-0.1, -0.05) is 30.3 Å². The molecule has 1 unspecified atom stereocenters. The average Bonchev–Trinajstić information content (AvgIpc) is 2.99. The largest absolute Gasteiger partial charge is 0.384 e. The summed E-state index contributed by atoms with van der Waals surface area (Å²) in [5, 5.41) is 0. The van der Waals surface area contributed by atoms with Crippen LogP contribution >= 0.6 is 0 Å². The van der Waals surface area contributed by atoms with Crippen LogP contribution in [0.15, 0.2) is 53.6 Å². The van der Waals surface area contributed by atoms with E-state index in [-0.39, 0.29) is 16.6 Å². The van der Waals surface area contributed by atoms with Crippen molar-refractivity contribution < 1.29 is 8.42 Å². The summed E-state index contributed by atoms with van der Waals surface area (Å²) in [6.07, 6.45) is 2.26. The van der Waals surface area contributed by atoms with Crippen LogP contribution in [0.25, 0.3) is 0 Å². The molecule has 0 aliphatic carbocycles. The summed E-state index contributed by atoms with van der Waals surface area (Å²) in [5.74, 6) is 0.468. The van der Waals surface area contributed by atoms with Crippen molar-refractivity contribution in [2.24, 2.45) is 0 Å². The molecule has 0 saturated carbocycles. The quantitative estimate of drug-likeness (QED) is 0.938. The van der Waals surface area contributed by atoms with Crippen molar-refractivity contribution in [2.45, 2.75) is 17.2 Å². The number of hydrogen-bond donors (Lipinski definition) is 1. The van der Waals surface area contributed by atoms with Gasteiger partial charge in [-0.3, -0.25) is 0 Å². The van der Waals surface area contributed by atoms with Gasteiger partial charge in [-0.05, 0) is 24.0 Å². The Morgan fingerprint density at radius 3 is 2.67 bits per heavy atom. The van der Waals surface area contributed by atoms with E-state index >= 15 is 0 Å². The molecular weight excluding hydrogens is 286 g/mol. The number of aromatic nitrogens is 1. The van der Waals surface area contributed by atoms with Crippen LogP contribution in [-0.4, -0.2) is 30.8 Å². The second kappa shape index (κ2) is 5.46. The Kier molecular flexibility index (Phi) is 3.65. The Morgan fingerprint density at radius 1 is 1.19 bits per heavy atom.